The van der Waals surface area contributed by atoms with Crippen LogP contribution in [0.3, 0.4) is 0 Å². The molecule has 0 radical (unpaired) electrons. The molecule has 0 heterocycles. The van der Waals surface area contributed by atoms with E-state index in [0.29, 0.717) is 9.50 Å². The van der Waals surface area contributed by atoms with E-state index < -0.39 is 0 Å². The molecule has 0 aromatic heterocycles. The lowest BCUT2D eigenvalue weighted by Crippen LogP contribution is -1.95. The van der Waals surface area contributed by atoms with Crippen molar-refractivity contribution < 1.29 is 4.39 Å². The molecule has 2 aromatic carbocycles. The standard InChI is InChI=1S/C14H10BrCl2F/c1-8-4-10(6-11(16)5-8)14(17)9-2-3-13(18)12(15)7-9/h2-7,14H,1H3. The molecule has 0 amide bonds. The Hall–Kier alpha value is -0.570. The highest BCUT2D eigenvalue weighted by atomic mass is 79.9. The summed E-state index contributed by atoms with van der Waals surface area (Å²) in [6.07, 6.45) is 0. The van der Waals surface area contributed by atoms with Crippen molar-refractivity contribution in [1.29, 1.82) is 0 Å². The monoisotopic (exact) mass is 346 g/mol. The second kappa shape index (κ2) is 5.60. The fourth-order valence-corrected chi connectivity index (χ4v) is 2.73. The fraction of sp³-hybridized carbons (Fsp3) is 0.143. The number of alkyl halides is 1. The highest BCUT2D eigenvalue weighted by Crippen LogP contribution is 2.33. The minimum absolute atomic E-state index is 0.301. The van der Waals surface area contributed by atoms with Gasteiger partial charge >= 0.3 is 0 Å². The van der Waals surface area contributed by atoms with E-state index in [1.54, 1.807) is 12.1 Å². The van der Waals surface area contributed by atoms with Gasteiger partial charge in [0.25, 0.3) is 0 Å². The summed E-state index contributed by atoms with van der Waals surface area (Å²) in [6, 6.07) is 10.4. The third kappa shape index (κ3) is 3.05. The van der Waals surface area contributed by atoms with Gasteiger partial charge in [-0.2, -0.15) is 0 Å². The summed E-state index contributed by atoms with van der Waals surface area (Å²) in [5.41, 5.74) is 2.77. The normalized spacial score (nSPS) is 12.5. The van der Waals surface area contributed by atoms with Gasteiger partial charge in [-0.05, 0) is 63.8 Å². The Balaban J connectivity index is 2.40. The molecule has 4 heteroatoms. The van der Waals surface area contributed by atoms with Crippen molar-refractivity contribution in [2.45, 2.75) is 12.3 Å². The van der Waals surface area contributed by atoms with E-state index in [-0.39, 0.29) is 11.2 Å². The zero-order valence-electron chi connectivity index (χ0n) is 9.55. The number of hydrogen-bond donors (Lipinski definition) is 0. The number of hydrogen-bond acceptors (Lipinski definition) is 0. The average Bonchev–Trinajstić information content (AvgIpc) is 2.30. The van der Waals surface area contributed by atoms with Crippen LogP contribution in [0.1, 0.15) is 22.1 Å². The molecule has 94 valence electrons. The Bertz CT molecular complexity index is 564. The summed E-state index contributed by atoms with van der Waals surface area (Å²) in [7, 11) is 0. The van der Waals surface area contributed by atoms with Crippen molar-refractivity contribution in [2.75, 3.05) is 0 Å². The molecule has 0 aliphatic carbocycles. The molecule has 2 rings (SSSR count). The second-order valence-electron chi connectivity index (χ2n) is 4.10. The van der Waals surface area contributed by atoms with Gasteiger partial charge in [-0.1, -0.05) is 23.7 Å². The Morgan fingerprint density at radius 3 is 2.44 bits per heavy atom. The minimum Gasteiger partial charge on any atom is -0.206 e. The molecule has 0 spiro atoms. The van der Waals surface area contributed by atoms with Crippen LogP contribution in [0.25, 0.3) is 0 Å². The maximum atomic E-state index is 13.2. The van der Waals surface area contributed by atoms with Crippen molar-refractivity contribution in [3.05, 3.63) is 68.4 Å². The van der Waals surface area contributed by atoms with Crippen LogP contribution in [0.2, 0.25) is 5.02 Å². The maximum absolute atomic E-state index is 13.2. The summed E-state index contributed by atoms with van der Waals surface area (Å²) in [4.78, 5) is 0. The van der Waals surface area contributed by atoms with Gasteiger partial charge in [0.1, 0.15) is 5.82 Å². The fourth-order valence-electron chi connectivity index (χ4n) is 1.77. The topological polar surface area (TPSA) is 0 Å². The molecule has 18 heavy (non-hydrogen) atoms. The molecule has 0 N–H and O–H groups in total. The quantitative estimate of drug-likeness (QED) is 0.595. The molecule has 0 saturated carbocycles. The van der Waals surface area contributed by atoms with Crippen LogP contribution in [0.5, 0.6) is 0 Å². The molecule has 1 unspecified atom stereocenters. The van der Waals surface area contributed by atoms with Crippen LogP contribution in [0.4, 0.5) is 4.39 Å². The summed E-state index contributed by atoms with van der Waals surface area (Å²) >= 11 is 15.6. The summed E-state index contributed by atoms with van der Waals surface area (Å²) in [5, 5.41) is 0.302. The van der Waals surface area contributed by atoms with E-state index >= 15 is 0 Å². The van der Waals surface area contributed by atoms with E-state index in [9.17, 15) is 4.39 Å². The van der Waals surface area contributed by atoms with Crippen molar-refractivity contribution in [2.24, 2.45) is 0 Å². The van der Waals surface area contributed by atoms with Crippen LogP contribution < -0.4 is 0 Å². The van der Waals surface area contributed by atoms with Gasteiger partial charge in [0.2, 0.25) is 0 Å². The molecule has 0 bridgehead atoms. The maximum Gasteiger partial charge on any atom is 0.137 e. The van der Waals surface area contributed by atoms with Gasteiger partial charge < -0.3 is 0 Å². The van der Waals surface area contributed by atoms with E-state index in [0.717, 1.165) is 16.7 Å². The highest BCUT2D eigenvalue weighted by molar-refractivity contribution is 9.10. The zero-order chi connectivity index (χ0) is 13.3. The molecule has 0 nitrogen and oxygen atoms in total. The molecule has 0 fully saturated rings. The van der Waals surface area contributed by atoms with Crippen LogP contribution in [-0.2, 0) is 0 Å². The van der Waals surface area contributed by atoms with Gasteiger partial charge in [0.15, 0.2) is 0 Å². The Labute approximate surface area is 124 Å². The van der Waals surface area contributed by atoms with E-state index in [4.69, 9.17) is 23.2 Å². The molecule has 0 aliphatic heterocycles. The first-order valence-corrected chi connectivity index (χ1v) is 6.94. The largest absolute Gasteiger partial charge is 0.206 e. The zero-order valence-corrected chi connectivity index (χ0v) is 12.7. The smallest absolute Gasteiger partial charge is 0.137 e. The van der Waals surface area contributed by atoms with E-state index in [2.05, 4.69) is 15.9 Å². The highest BCUT2D eigenvalue weighted by Gasteiger charge is 2.13. The lowest BCUT2D eigenvalue weighted by molar-refractivity contribution is 0.620. The lowest BCUT2D eigenvalue weighted by Gasteiger charge is -2.12. The van der Waals surface area contributed by atoms with Gasteiger partial charge in [-0.3, -0.25) is 0 Å². The first-order valence-electron chi connectivity index (χ1n) is 5.33. The van der Waals surface area contributed by atoms with E-state index in [1.807, 2.05) is 25.1 Å². The van der Waals surface area contributed by atoms with Crippen molar-refractivity contribution in [3.63, 3.8) is 0 Å². The first kappa shape index (κ1) is 13.9. The Kier molecular flexibility index (Phi) is 4.31. The Morgan fingerprint density at radius 2 is 1.83 bits per heavy atom. The van der Waals surface area contributed by atoms with Crippen LogP contribution in [-0.4, -0.2) is 0 Å². The third-order valence-corrected chi connectivity index (χ3v) is 3.92. The molecule has 1 atom stereocenters. The molecular weight excluding hydrogens is 338 g/mol. The van der Waals surface area contributed by atoms with Gasteiger partial charge in [-0.15, -0.1) is 11.6 Å². The minimum atomic E-state index is -0.348. The van der Waals surface area contributed by atoms with Gasteiger partial charge in [-0.25, -0.2) is 4.39 Å². The van der Waals surface area contributed by atoms with Crippen molar-refractivity contribution in [3.8, 4) is 0 Å². The SMILES string of the molecule is Cc1cc(Cl)cc(C(Cl)c2ccc(F)c(Br)c2)c1. The second-order valence-corrected chi connectivity index (χ2v) is 5.83. The number of aryl methyl sites for hydroxylation is 1. The predicted molar refractivity (Wildman–Crippen MR) is 78.0 cm³/mol. The third-order valence-electron chi connectivity index (χ3n) is 2.59. The average molecular weight is 348 g/mol. The van der Waals surface area contributed by atoms with E-state index in [1.165, 1.54) is 6.07 Å². The van der Waals surface area contributed by atoms with Crippen molar-refractivity contribution in [1.82, 2.24) is 0 Å². The number of benzene rings is 2. The lowest BCUT2D eigenvalue weighted by atomic mass is 10.0. The van der Waals surface area contributed by atoms with Crippen LogP contribution >= 0.6 is 39.1 Å². The molecule has 0 saturated heterocycles. The Morgan fingerprint density at radius 1 is 1.11 bits per heavy atom. The predicted octanol–water partition coefficient (Wildman–Crippen LogP) is 5.88. The van der Waals surface area contributed by atoms with Gasteiger partial charge in [0.05, 0.1) is 9.85 Å². The van der Waals surface area contributed by atoms with Crippen LogP contribution in [0, 0.1) is 12.7 Å². The first-order chi connectivity index (χ1) is 8.47. The summed E-state index contributed by atoms with van der Waals surface area (Å²) in [6.45, 7) is 1.96. The number of halogens is 4. The van der Waals surface area contributed by atoms with Gasteiger partial charge in [0, 0.05) is 5.02 Å². The number of rotatable bonds is 2. The summed E-state index contributed by atoms with van der Waals surface area (Å²) < 4.78 is 13.6. The molecule has 0 aliphatic rings. The van der Waals surface area contributed by atoms with Crippen LogP contribution in [0.15, 0.2) is 40.9 Å². The van der Waals surface area contributed by atoms with Crippen molar-refractivity contribution >= 4 is 39.1 Å². The summed E-state index contributed by atoms with van der Waals surface area (Å²) in [5.74, 6) is -0.301. The molecular formula is C14H10BrCl2F. The molecule has 2 aromatic rings.